The molecule has 0 aliphatic rings. The van der Waals surface area contributed by atoms with Crippen LogP contribution in [0.1, 0.15) is 18.9 Å². The maximum atomic E-state index is 13.9. The van der Waals surface area contributed by atoms with E-state index >= 15 is 0 Å². The summed E-state index contributed by atoms with van der Waals surface area (Å²) < 4.78 is 79.4. The van der Waals surface area contributed by atoms with Crippen LogP contribution in [0, 0.1) is 5.82 Å². The van der Waals surface area contributed by atoms with E-state index < -0.39 is 33.1 Å². The molecule has 2 rings (SSSR count). The molecule has 0 fully saturated rings. The van der Waals surface area contributed by atoms with Crippen LogP contribution in [0.4, 0.5) is 17.6 Å². The molecule has 0 amide bonds. The van der Waals surface area contributed by atoms with Crippen LogP contribution in [-0.2, 0) is 16.2 Å². The number of hydrogen-bond donors (Lipinski definition) is 1. The number of halogens is 4. The maximum absolute atomic E-state index is 13.9. The van der Waals surface area contributed by atoms with Crippen molar-refractivity contribution in [1.82, 2.24) is 4.72 Å². The lowest BCUT2D eigenvalue weighted by Gasteiger charge is -2.14. The van der Waals surface area contributed by atoms with Gasteiger partial charge in [-0.25, -0.2) is 17.5 Å². The Morgan fingerprint density at radius 1 is 1.04 bits per heavy atom. The first-order chi connectivity index (χ1) is 11.2. The Hall–Kier alpha value is -1.93. The Labute approximate surface area is 137 Å². The van der Waals surface area contributed by atoms with Gasteiger partial charge in [-0.05, 0) is 36.2 Å². The van der Waals surface area contributed by atoms with Crippen LogP contribution >= 0.6 is 0 Å². The van der Waals surface area contributed by atoms with Gasteiger partial charge in [-0.3, -0.25) is 0 Å². The van der Waals surface area contributed by atoms with Gasteiger partial charge < -0.3 is 0 Å². The summed E-state index contributed by atoms with van der Waals surface area (Å²) in [5.74, 6) is -1.02. The van der Waals surface area contributed by atoms with Gasteiger partial charge in [0.15, 0.2) is 0 Å². The topological polar surface area (TPSA) is 46.2 Å². The first kappa shape index (κ1) is 18.4. The van der Waals surface area contributed by atoms with Crippen molar-refractivity contribution in [3.8, 4) is 11.1 Å². The molecule has 0 bridgehead atoms. The largest absolute Gasteiger partial charge is 0.417 e. The van der Waals surface area contributed by atoms with Gasteiger partial charge in [-0.15, -0.1) is 0 Å². The van der Waals surface area contributed by atoms with Gasteiger partial charge in [0.05, 0.1) is 10.5 Å². The Morgan fingerprint density at radius 2 is 1.67 bits per heavy atom. The van der Waals surface area contributed by atoms with Gasteiger partial charge in [-0.1, -0.05) is 25.1 Å². The SMILES string of the molecule is CCCNS(=O)(=O)c1ccc(-c2c(F)cccc2C(F)(F)F)cc1. The number of hydrogen-bond acceptors (Lipinski definition) is 2. The van der Waals surface area contributed by atoms with E-state index in [-0.39, 0.29) is 17.0 Å². The summed E-state index contributed by atoms with van der Waals surface area (Å²) in [5, 5.41) is 0. The first-order valence-electron chi connectivity index (χ1n) is 7.12. The average Bonchev–Trinajstić information content (AvgIpc) is 2.52. The lowest BCUT2D eigenvalue weighted by molar-refractivity contribution is -0.137. The molecular weight excluding hydrogens is 346 g/mol. The van der Waals surface area contributed by atoms with E-state index in [1.807, 2.05) is 0 Å². The second-order valence-corrected chi connectivity index (χ2v) is 6.85. The molecule has 8 heteroatoms. The highest BCUT2D eigenvalue weighted by Gasteiger charge is 2.34. The molecule has 0 heterocycles. The Morgan fingerprint density at radius 3 is 2.21 bits per heavy atom. The zero-order chi connectivity index (χ0) is 18.0. The standard InChI is InChI=1S/C16H15F4NO2S/c1-2-10-21-24(22,23)12-8-6-11(7-9-12)15-13(16(18,19)20)4-3-5-14(15)17/h3-9,21H,2,10H2,1H3. The summed E-state index contributed by atoms with van der Waals surface area (Å²) in [4.78, 5) is -0.0930. The van der Waals surface area contributed by atoms with Crippen molar-refractivity contribution in [2.24, 2.45) is 0 Å². The predicted molar refractivity (Wildman–Crippen MR) is 82.3 cm³/mol. The quantitative estimate of drug-likeness (QED) is 0.812. The number of rotatable bonds is 5. The van der Waals surface area contributed by atoms with Gasteiger partial charge in [0, 0.05) is 12.1 Å². The molecule has 0 aliphatic heterocycles. The van der Waals surface area contributed by atoms with E-state index in [2.05, 4.69) is 4.72 Å². The van der Waals surface area contributed by atoms with Crippen molar-refractivity contribution in [1.29, 1.82) is 0 Å². The van der Waals surface area contributed by atoms with Gasteiger partial charge in [-0.2, -0.15) is 13.2 Å². The van der Waals surface area contributed by atoms with E-state index in [0.29, 0.717) is 6.42 Å². The molecule has 0 spiro atoms. The summed E-state index contributed by atoms with van der Waals surface area (Å²) in [6, 6.07) is 7.32. The maximum Gasteiger partial charge on any atom is 0.417 e. The Balaban J connectivity index is 2.47. The summed E-state index contributed by atoms with van der Waals surface area (Å²) in [7, 11) is -3.74. The third kappa shape index (κ3) is 3.93. The Kier molecular flexibility index (Phi) is 5.29. The fourth-order valence-corrected chi connectivity index (χ4v) is 3.31. The van der Waals surface area contributed by atoms with Crippen molar-refractivity contribution in [2.45, 2.75) is 24.4 Å². The van der Waals surface area contributed by atoms with Crippen LogP contribution in [0.5, 0.6) is 0 Å². The van der Waals surface area contributed by atoms with Crippen LogP contribution in [-0.4, -0.2) is 15.0 Å². The third-order valence-electron chi connectivity index (χ3n) is 3.31. The molecule has 0 atom stereocenters. The number of sulfonamides is 1. The van der Waals surface area contributed by atoms with Crippen molar-refractivity contribution in [3.63, 3.8) is 0 Å². The van der Waals surface area contributed by atoms with Gasteiger partial charge in [0.25, 0.3) is 0 Å². The van der Waals surface area contributed by atoms with Crippen molar-refractivity contribution in [2.75, 3.05) is 6.54 Å². The second-order valence-electron chi connectivity index (χ2n) is 5.08. The van der Waals surface area contributed by atoms with E-state index in [4.69, 9.17) is 0 Å². The van der Waals surface area contributed by atoms with Crippen LogP contribution in [0.2, 0.25) is 0 Å². The molecule has 130 valence electrons. The molecule has 24 heavy (non-hydrogen) atoms. The molecule has 0 saturated carbocycles. The van der Waals surface area contributed by atoms with Crippen LogP contribution in [0.3, 0.4) is 0 Å². The first-order valence-corrected chi connectivity index (χ1v) is 8.61. The molecule has 2 aromatic carbocycles. The molecule has 0 aliphatic carbocycles. The minimum atomic E-state index is -4.72. The van der Waals surface area contributed by atoms with Gasteiger partial charge in [0.1, 0.15) is 5.82 Å². The number of nitrogens with one attached hydrogen (secondary N) is 1. The molecule has 0 unspecified atom stereocenters. The molecular formula is C16H15F4NO2S. The predicted octanol–water partition coefficient (Wildman–Crippen LogP) is 4.20. The fraction of sp³-hybridized carbons (Fsp3) is 0.250. The highest BCUT2D eigenvalue weighted by molar-refractivity contribution is 7.89. The molecule has 0 aromatic heterocycles. The van der Waals surface area contributed by atoms with Gasteiger partial charge in [0.2, 0.25) is 10.0 Å². The summed E-state index contributed by atoms with van der Waals surface area (Å²) >= 11 is 0. The van der Waals surface area contributed by atoms with Crippen LogP contribution in [0.25, 0.3) is 11.1 Å². The van der Waals surface area contributed by atoms with E-state index in [9.17, 15) is 26.0 Å². The van der Waals surface area contributed by atoms with Gasteiger partial charge >= 0.3 is 6.18 Å². The van der Waals surface area contributed by atoms with E-state index in [1.54, 1.807) is 6.92 Å². The molecule has 0 saturated heterocycles. The normalized spacial score (nSPS) is 12.4. The van der Waals surface area contributed by atoms with Crippen molar-refractivity contribution < 1.29 is 26.0 Å². The summed E-state index contributed by atoms with van der Waals surface area (Å²) in [5.41, 5.74) is -1.76. The average molecular weight is 361 g/mol. The zero-order valence-electron chi connectivity index (χ0n) is 12.7. The van der Waals surface area contributed by atoms with Crippen LogP contribution < -0.4 is 4.72 Å². The molecule has 3 nitrogen and oxygen atoms in total. The van der Waals surface area contributed by atoms with E-state index in [0.717, 1.165) is 42.5 Å². The van der Waals surface area contributed by atoms with Crippen molar-refractivity contribution >= 4 is 10.0 Å². The highest BCUT2D eigenvalue weighted by Crippen LogP contribution is 2.38. The third-order valence-corrected chi connectivity index (χ3v) is 4.79. The minimum absolute atomic E-state index is 0.0464. The monoisotopic (exact) mass is 361 g/mol. The molecule has 0 radical (unpaired) electrons. The lowest BCUT2D eigenvalue weighted by atomic mass is 9.99. The molecule has 2 aromatic rings. The molecule has 1 N–H and O–H groups in total. The second kappa shape index (κ2) is 6.90. The minimum Gasteiger partial charge on any atom is -0.211 e. The summed E-state index contributed by atoms with van der Waals surface area (Å²) in [6.07, 6.45) is -4.12. The van der Waals surface area contributed by atoms with Crippen LogP contribution in [0.15, 0.2) is 47.4 Å². The van der Waals surface area contributed by atoms with E-state index in [1.165, 1.54) is 0 Å². The summed E-state index contributed by atoms with van der Waals surface area (Å²) in [6.45, 7) is 2.04. The fourth-order valence-electron chi connectivity index (χ4n) is 2.17. The number of benzene rings is 2. The van der Waals surface area contributed by atoms with Crippen molar-refractivity contribution in [3.05, 3.63) is 53.8 Å². The zero-order valence-corrected chi connectivity index (χ0v) is 13.5. The smallest absolute Gasteiger partial charge is 0.211 e. The highest BCUT2D eigenvalue weighted by atomic mass is 32.2. The Bertz CT molecular complexity index is 815. The lowest BCUT2D eigenvalue weighted by Crippen LogP contribution is -2.24. The number of alkyl halides is 3.